The van der Waals surface area contributed by atoms with Crippen molar-refractivity contribution in [1.29, 1.82) is 0 Å². The number of nitrogens with zero attached hydrogens (tertiary/aromatic N) is 3. The molecule has 6 heteroatoms. The number of likely N-dealkylation sites (tertiary alicyclic amines) is 1. The Morgan fingerprint density at radius 2 is 1.93 bits per heavy atom. The van der Waals surface area contributed by atoms with Gasteiger partial charge in [-0.2, -0.15) is 5.10 Å². The SMILES string of the molecule is CO[C@@H]1C[C@H](O)C12CCN(C(=O)Cc1c(C)nn(-c3ccccc3)c1C)CC2. The second-order valence-electron chi connectivity index (χ2n) is 8.16. The zero-order chi connectivity index (χ0) is 19.9. The van der Waals surface area contributed by atoms with E-state index in [9.17, 15) is 9.90 Å². The molecule has 2 fully saturated rings. The average molecular weight is 383 g/mol. The van der Waals surface area contributed by atoms with Gasteiger partial charge < -0.3 is 14.7 Å². The summed E-state index contributed by atoms with van der Waals surface area (Å²) in [6.07, 6.45) is 2.51. The van der Waals surface area contributed by atoms with Crippen LogP contribution in [0, 0.1) is 19.3 Å². The summed E-state index contributed by atoms with van der Waals surface area (Å²) in [5.41, 5.74) is 3.77. The van der Waals surface area contributed by atoms with Gasteiger partial charge in [0.2, 0.25) is 5.91 Å². The second-order valence-corrected chi connectivity index (χ2v) is 8.16. The Hall–Kier alpha value is -2.18. The van der Waals surface area contributed by atoms with E-state index in [1.807, 2.05) is 53.8 Å². The summed E-state index contributed by atoms with van der Waals surface area (Å²) in [7, 11) is 1.71. The number of hydrogen-bond donors (Lipinski definition) is 1. The molecule has 6 nitrogen and oxygen atoms in total. The molecule has 1 aliphatic carbocycles. The molecule has 150 valence electrons. The van der Waals surface area contributed by atoms with Gasteiger partial charge in [-0.05, 0) is 38.8 Å². The standard InChI is InChI=1S/C22H29N3O3/c1-15-18(16(2)25(23-15)17-7-5-4-6-8-17)13-21(27)24-11-9-22(10-12-24)19(26)14-20(22)28-3/h4-8,19-20,26H,9-14H2,1-3H3/t19-,20+/m0/s1. The number of carbonyl (C=O) groups excluding carboxylic acids is 1. The van der Waals surface area contributed by atoms with Gasteiger partial charge in [-0.15, -0.1) is 0 Å². The Morgan fingerprint density at radius 3 is 2.54 bits per heavy atom. The summed E-state index contributed by atoms with van der Waals surface area (Å²) in [6.45, 7) is 5.35. The maximum Gasteiger partial charge on any atom is 0.227 e. The highest BCUT2D eigenvalue weighted by molar-refractivity contribution is 5.79. The van der Waals surface area contributed by atoms with Crippen molar-refractivity contribution in [2.75, 3.05) is 20.2 Å². The van der Waals surface area contributed by atoms with Gasteiger partial charge in [-0.1, -0.05) is 18.2 Å². The van der Waals surface area contributed by atoms with E-state index in [-0.39, 0.29) is 23.5 Å². The fourth-order valence-electron chi connectivity index (χ4n) is 4.90. The summed E-state index contributed by atoms with van der Waals surface area (Å²) in [4.78, 5) is 14.9. The maximum atomic E-state index is 13.0. The van der Waals surface area contributed by atoms with Gasteiger partial charge in [0.15, 0.2) is 0 Å². The number of ether oxygens (including phenoxy) is 1. The fraction of sp³-hybridized carbons (Fsp3) is 0.545. The van der Waals surface area contributed by atoms with E-state index >= 15 is 0 Å². The zero-order valence-electron chi connectivity index (χ0n) is 16.9. The molecule has 0 radical (unpaired) electrons. The predicted octanol–water partition coefficient (Wildman–Crippen LogP) is 2.42. The smallest absolute Gasteiger partial charge is 0.227 e. The lowest BCUT2D eigenvalue weighted by molar-refractivity contribution is -0.202. The Morgan fingerprint density at radius 1 is 1.25 bits per heavy atom. The van der Waals surface area contributed by atoms with Crippen LogP contribution in [0.15, 0.2) is 30.3 Å². The third-order valence-electron chi connectivity index (χ3n) is 6.84. The molecule has 0 bridgehead atoms. The number of aliphatic hydroxyl groups is 1. The molecule has 1 spiro atoms. The predicted molar refractivity (Wildman–Crippen MR) is 106 cm³/mol. The fourth-order valence-corrected chi connectivity index (χ4v) is 4.90. The first-order valence-corrected chi connectivity index (χ1v) is 10.1. The summed E-state index contributed by atoms with van der Waals surface area (Å²) < 4.78 is 7.46. The molecule has 2 heterocycles. The van der Waals surface area contributed by atoms with Crippen molar-refractivity contribution in [3.63, 3.8) is 0 Å². The highest BCUT2D eigenvalue weighted by atomic mass is 16.5. The largest absolute Gasteiger partial charge is 0.392 e. The van der Waals surface area contributed by atoms with E-state index in [4.69, 9.17) is 4.74 Å². The molecule has 2 atom stereocenters. The van der Waals surface area contributed by atoms with E-state index in [1.54, 1.807) is 7.11 Å². The number of aryl methyl sites for hydroxylation is 1. The number of rotatable bonds is 4. The number of aromatic nitrogens is 2. The summed E-state index contributed by atoms with van der Waals surface area (Å²) >= 11 is 0. The quantitative estimate of drug-likeness (QED) is 0.881. The normalized spacial score (nSPS) is 23.6. The topological polar surface area (TPSA) is 67.6 Å². The molecule has 1 aromatic heterocycles. The minimum atomic E-state index is -0.303. The van der Waals surface area contributed by atoms with Crippen LogP contribution in [0.4, 0.5) is 0 Å². The molecular formula is C22H29N3O3. The second kappa shape index (κ2) is 7.33. The minimum Gasteiger partial charge on any atom is -0.392 e. The first-order chi connectivity index (χ1) is 13.5. The highest BCUT2D eigenvalue weighted by Crippen LogP contribution is 2.50. The molecule has 2 aromatic rings. The maximum absolute atomic E-state index is 13.0. The van der Waals surface area contributed by atoms with Gasteiger partial charge in [0.25, 0.3) is 0 Å². The van der Waals surface area contributed by atoms with Gasteiger partial charge in [-0.25, -0.2) is 4.68 Å². The van der Waals surface area contributed by atoms with Gasteiger partial charge in [-0.3, -0.25) is 4.79 Å². The molecule has 1 saturated heterocycles. The molecule has 4 rings (SSSR count). The van der Waals surface area contributed by atoms with Crippen LogP contribution in [0.25, 0.3) is 5.69 Å². The average Bonchev–Trinajstić information content (AvgIpc) is 3.00. The molecule has 1 saturated carbocycles. The Bertz CT molecular complexity index is 853. The van der Waals surface area contributed by atoms with E-state index in [1.165, 1.54) is 0 Å². The molecule has 1 aliphatic heterocycles. The van der Waals surface area contributed by atoms with E-state index < -0.39 is 0 Å². The summed E-state index contributed by atoms with van der Waals surface area (Å²) in [5.74, 6) is 0.136. The van der Waals surface area contributed by atoms with Crippen molar-refractivity contribution >= 4 is 5.91 Å². The van der Waals surface area contributed by atoms with Crippen molar-refractivity contribution in [3.8, 4) is 5.69 Å². The number of para-hydroxylation sites is 1. The number of carbonyl (C=O) groups is 1. The molecule has 2 aliphatic rings. The first kappa shape index (κ1) is 19.2. The van der Waals surface area contributed by atoms with E-state index in [0.717, 1.165) is 35.5 Å². The molecule has 28 heavy (non-hydrogen) atoms. The number of aliphatic hydroxyl groups excluding tert-OH is 1. The number of methoxy groups -OCH3 is 1. The minimum absolute atomic E-state index is 0.119. The summed E-state index contributed by atoms with van der Waals surface area (Å²) in [5, 5.41) is 14.9. The first-order valence-electron chi connectivity index (χ1n) is 10.1. The van der Waals surface area contributed by atoms with Crippen LogP contribution in [0.3, 0.4) is 0 Å². The van der Waals surface area contributed by atoms with Crippen LogP contribution in [0.2, 0.25) is 0 Å². The molecule has 1 N–H and O–H groups in total. The molecular weight excluding hydrogens is 354 g/mol. The number of piperidine rings is 1. The van der Waals surface area contributed by atoms with Crippen LogP contribution in [-0.4, -0.2) is 58.1 Å². The van der Waals surface area contributed by atoms with Gasteiger partial charge in [0.05, 0.1) is 30.0 Å². The lowest BCUT2D eigenvalue weighted by Gasteiger charge is -2.56. The van der Waals surface area contributed by atoms with Crippen LogP contribution >= 0.6 is 0 Å². The number of benzene rings is 1. The van der Waals surface area contributed by atoms with Gasteiger partial charge >= 0.3 is 0 Å². The third kappa shape index (κ3) is 3.05. The van der Waals surface area contributed by atoms with Crippen LogP contribution in [0.5, 0.6) is 0 Å². The zero-order valence-corrected chi connectivity index (χ0v) is 16.9. The van der Waals surface area contributed by atoms with Crippen molar-refractivity contribution in [1.82, 2.24) is 14.7 Å². The van der Waals surface area contributed by atoms with Gasteiger partial charge in [0.1, 0.15) is 0 Å². The Labute approximate surface area is 166 Å². The number of amides is 1. The monoisotopic (exact) mass is 383 g/mol. The van der Waals surface area contributed by atoms with E-state index in [2.05, 4.69) is 5.10 Å². The van der Waals surface area contributed by atoms with Crippen molar-refractivity contribution in [2.45, 2.75) is 51.7 Å². The lowest BCUT2D eigenvalue weighted by Crippen LogP contribution is -2.62. The van der Waals surface area contributed by atoms with Crippen LogP contribution in [-0.2, 0) is 16.0 Å². The molecule has 1 aromatic carbocycles. The van der Waals surface area contributed by atoms with E-state index in [0.29, 0.717) is 25.9 Å². The molecule has 0 unspecified atom stereocenters. The van der Waals surface area contributed by atoms with Crippen LogP contribution in [0.1, 0.15) is 36.2 Å². The molecule has 1 amide bonds. The van der Waals surface area contributed by atoms with Crippen LogP contribution < -0.4 is 0 Å². The number of hydrogen-bond acceptors (Lipinski definition) is 4. The third-order valence-corrected chi connectivity index (χ3v) is 6.84. The Balaban J connectivity index is 1.45. The highest BCUT2D eigenvalue weighted by Gasteiger charge is 2.56. The van der Waals surface area contributed by atoms with Crippen molar-refractivity contribution in [3.05, 3.63) is 47.3 Å². The Kier molecular flexibility index (Phi) is 5.02. The van der Waals surface area contributed by atoms with Crippen molar-refractivity contribution < 1.29 is 14.6 Å². The van der Waals surface area contributed by atoms with Gasteiger partial charge in [0, 0.05) is 43.3 Å². The van der Waals surface area contributed by atoms with Crippen molar-refractivity contribution in [2.24, 2.45) is 5.41 Å². The summed E-state index contributed by atoms with van der Waals surface area (Å²) in [6, 6.07) is 10.00. The lowest BCUT2D eigenvalue weighted by atomic mass is 9.58.